The van der Waals surface area contributed by atoms with Gasteiger partial charge in [0, 0.05) is 12.6 Å². The molecule has 4 nitrogen and oxygen atoms in total. The average molecular weight is 208 g/mol. The van der Waals surface area contributed by atoms with E-state index in [1.54, 1.807) is 0 Å². The topological polar surface area (TPSA) is 55.9 Å². The first-order valence-corrected chi connectivity index (χ1v) is 5.65. The van der Waals surface area contributed by atoms with Gasteiger partial charge in [0.2, 0.25) is 0 Å². The molecule has 0 radical (unpaired) electrons. The highest BCUT2D eigenvalue weighted by Crippen LogP contribution is 2.39. The second kappa shape index (κ2) is 3.43. The molecule has 0 atom stereocenters. The summed E-state index contributed by atoms with van der Waals surface area (Å²) in [6.07, 6.45) is 4.48. The predicted octanol–water partition coefficient (Wildman–Crippen LogP) is 1.92. The van der Waals surface area contributed by atoms with E-state index in [1.807, 2.05) is 11.7 Å². The minimum absolute atomic E-state index is 0.255. The highest BCUT2D eigenvalue weighted by molar-refractivity contribution is 5.66. The molecule has 0 unspecified atom stereocenters. The van der Waals surface area contributed by atoms with Gasteiger partial charge in [-0.3, -0.25) is 4.68 Å². The Morgan fingerprint density at radius 3 is 2.73 bits per heavy atom. The van der Waals surface area contributed by atoms with Gasteiger partial charge in [-0.05, 0) is 26.2 Å². The van der Waals surface area contributed by atoms with Crippen LogP contribution in [0.3, 0.4) is 0 Å². The second-order valence-corrected chi connectivity index (χ2v) is 4.77. The maximum Gasteiger partial charge on any atom is 0.148 e. The summed E-state index contributed by atoms with van der Waals surface area (Å²) < 4.78 is 1.86. The van der Waals surface area contributed by atoms with E-state index in [-0.39, 0.29) is 5.54 Å². The molecule has 0 bridgehead atoms. The van der Waals surface area contributed by atoms with Crippen LogP contribution in [0.4, 0.5) is 11.5 Å². The van der Waals surface area contributed by atoms with Crippen molar-refractivity contribution < 1.29 is 0 Å². The smallest absolute Gasteiger partial charge is 0.148 e. The van der Waals surface area contributed by atoms with Gasteiger partial charge in [0.1, 0.15) is 5.82 Å². The second-order valence-electron chi connectivity index (χ2n) is 4.77. The van der Waals surface area contributed by atoms with Gasteiger partial charge in [0.15, 0.2) is 0 Å². The van der Waals surface area contributed by atoms with E-state index < -0.39 is 0 Å². The lowest BCUT2D eigenvalue weighted by Crippen LogP contribution is -2.19. The molecule has 1 fully saturated rings. The fourth-order valence-electron chi connectivity index (χ4n) is 1.76. The molecule has 4 heteroatoms. The number of aromatic nitrogens is 2. The summed E-state index contributed by atoms with van der Waals surface area (Å²) in [7, 11) is 1.95. The number of hydrogen-bond donors (Lipinski definition) is 2. The molecule has 1 aliphatic rings. The Morgan fingerprint density at radius 2 is 2.20 bits per heavy atom. The van der Waals surface area contributed by atoms with Gasteiger partial charge >= 0.3 is 0 Å². The summed E-state index contributed by atoms with van der Waals surface area (Å²) >= 11 is 0. The van der Waals surface area contributed by atoms with Gasteiger partial charge < -0.3 is 11.1 Å². The van der Waals surface area contributed by atoms with E-state index in [0.717, 1.165) is 30.0 Å². The molecule has 1 heterocycles. The van der Waals surface area contributed by atoms with Gasteiger partial charge in [0.25, 0.3) is 0 Å². The monoisotopic (exact) mass is 208 g/mol. The lowest BCUT2D eigenvalue weighted by molar-refractivity contribution is 0.717. The van der Waals surface area contributed by atoms with Crippen molar-refractivity contribution in [2.75, 3.05) is 11.1 Å². The average Bonchev–Trinajstić information content (AvgIpc) is 2.85. The molecule has 1 aliphatic carbocycles. The van der Waals surface area contributed by atoms with Crippen LogP contribution in [0.1, 0.15) is 38.8 Å². The molecule has 0 aromatic carbocycles. The number of aryl methyl sites for hydroxylation is 2. The van der Waals surface area contributed by atoms with Crippen LogP contribution < -0.4 is 11.1 Å². The number of nitrogens with two attached hydrogens (primary N) is 1. The van der Waals surface area contributed by atoms with Crippen LogP contribution in [0.5, 0.6) is 0 Å². The van der Waals surface area contributed by atoms with Gasteiger partial charge in [0.05, 0.1) is 11.4 Å². The summed E-state index contributed by atoms with van der Waals surface area (Å²) in [5.41, 5.74) is 8.18. The Kier molecular flexibility index (Phi) is 2.37. The first-order valence-electron chi connectivity index (χ1n) is 5.65. The molecule has 2 rings (SSSR count). The van der Waals surface area contributed by atoms with Crippen molar-refractivity contribution in [2.24, 2.45) is 7.05 Å². The molecular weight excluding hydrogens is 188 g/mol. The third kappa shape index (κ3) is 1.94. The summed E-state index contributed by atoms with van der Waals surface area (Å²) in [6, 6.07) is 0. The fraction of sp³-hybridized carbons (Fsp3) is 0.727. The Morgan fingerprint density at radius 1 is 1.53 bits per heavy atom. The maximum absolute atomic E-state index is 6.08. The molecule has 3 N–H and O–H groups in total. The van der Waals surface area contributed by atoms with Gasteiger partial charge in [-0.15, -0.1) is 0 Å². The molecule has 1 aromatic rings. The molecule has 15 heavy (non-hydrogen) atoms. The van der Waals surface area contributed by atoms with Crippen LogP contribution in [0, 0.1) is 0 Å². The molecule has 1 aromatic heterocycles. The lowest BCUT2D eigenvalue weighted by Gasteiger charge is -2.13. The molecule has 0 aliphatic heterocycles. The number of nitrogens with zero attached hydrogens (tertiary/aromatic N) is 2. The molecular formula is C11H20N4. The zero-order valence-corrected chi connectivity index (χ0v) is 9.80. The van der Waals surface area contributed by atoms with Crippen molar-refractivity contribution in [3.05, 3.63) is 5.69 Å². The largest absolute Gasteiger partial charge is 0.394 e. The third-order valence-electron chi connectivity index (χ3n) is 3.07. The normalized spacial score (nSPS) is 17.8. The summed E-state index contributed by atoms with van der Waals surface area (Å²) in [5, 5.41) is 7.92. The van der Waals surface area contributed by atoms with Crippen molar-refractivity contribution in [1.29, 1.82) is 0 Å². The van der Waals surface area contributed by atoms with E-state index in [0.29, 0.717) is 0 Å². The first-order chi connectivity index (χ1) is 7.06. The predicted molar refractivity (Wildman–Crippen MR) is 62.9 cm³/mol. The number of nitrogen functional groups attached to an aromatic ring is 1. The molecule has 0 saturated heterocycles. The Labute approximate surface area is 90.8 Å². The van der Waals surface area contributed by atoms with Crippen molar-refractivity contribution in [1.82, 2.24) is 9.78 Å². The molecule has 0 spiro atoms. The SMILES string of the molecule is CCCc1nn(C)c(NC2(C)CC2)c1N. The number of rotatable bonds is 4. The van der Waals surface area contributed by atoms with Crippen LogP contribution in [-0.4, -0.2) is 15.3 Å². The van der Waals surface area contributed by atoms with Crippen LogP contribution in [0.2, 0.25) is 0 Å². The first kappa shape index (κ1) is 10.3. The van der Waals surface area contributed by atoms with Gasteiger partial charge in [-0.2, -0.15) is 5.10 Å². The fourth-order valence-corrected chi connectivity index (χ4v) is 1.76. The Bertz CT molecular complexity index is 363. The van der Waals surface area contributed by atoms with E-state index >= 15 is 0 Å². The number of hydrogen-bond acceptors (Lipinski definition) is 3. The third-order valence-corrected chi connectivity index (χ3v) is 3.07. The number of anilines is 2. The summed E-state index contributed by atoms with van der Waals surface area (Å²) in [6.45, 7) is 4.36. The zero-order valence-electron chi connectivity index (χ0n) is 9.80. The molecule has 1 saturated carbocycles. The van der Waals surface area contributed by atoms with Crippen molar-refractivity contribution >= 4 is 11.5 Å². The van der Waals surface area contributed by atoms with E-state index in [1.165, 1.54) is 12.8 Å². The van der Waals surface area contributed by atoms with Crippen LogP contribution >= 0.6 is 0 Å². The quantitative estimate of drug-likeness (QED) is 0.794. The van der Waals surface area contributed by atoms with Crippen molar-refractivity contribution in [2.45, 2.75) is 45.1 Å². The minimum Gasteiger partial charge on any atom is -0.394 e. The van der Waals surface area contributed by atoms with E-state index in [4.69, 9.17) is 5.73 Å². The standard InChI is InChI=1S/C11H20N4/c1-4-5-8-9(12)10(15(3)14-8)13-11(2)6-7-11/h13H,4-7,12H2,1-3H3. The summed E-state index contributed by atoms with van der Waals surface area (Å²) in [5.74, 6) is 0.985. The Hall–Kier alpha value is -1.19. The van der Waals surface area contributed by atoms with Gasteiger partial charge in [-0.1, -0.05) is 13.3 Å². The Balaban J connectivity index is 2.22. The lowest BCUT2D eigenvalue weighted by atomic mass is 10.2. The number of nitrogens with one attached hydrogen (secondary N) is 1. The maximum atomic E-state index is 6.08. The van der Waals surface area contributed by atoms with Crippen LogP contribution in [-0.2, 0) is 13.5 Å². The van der Waals surface area contributed by atoms with Crippen LogP contribution in [0.25, 0.3) is 0 Å². The van der Waals surface area contributed by atoms with Crippen molar-refractivity contribution in [3.8, 4) is 0 Å². The van der Waals surface area contributed by atoms with Gasteiger partial charge in [-0.25, -0.2) is 0 Å². The highest BCUT2D eigenvalue weighted by Gasteiger charge is 2.38. The molecule has 0 amide bonds. The van der Waals surface area contributed by atoms with Crippen LogP contribution in [0.15, 0.2) is 0 Å². The molecule has 84 valence electrons. The minimum atomic E-state index is 0.255. The zero-order chi connectivity index (χ0) is 11.1. The van der Waals surface area contributed by atoms with Crippen molar-refractivity contribution in [3.63, 3.8) is 0 Å². The highest BCUT2D eigenvalue weighted by atomic mass is 15.3. The van der Waals surface area contributed by atoms with E-state index in [9.17, 15) is 0 Å². The summed E-state index contributed by atoms with van der Waals surface area (Å²) in [4.78, 5) is 0. The van der Waals surface area contributed by atoms with E-state index in [2.05, 4.69) is 24.3 Å².